The second-order valence-corrected chi connectivity index (χ2v) is 8.50. The first-order valence-electron chi connectivity index (χ1n) is 8.34. The zero-order valence-electron chi connectivity index (χ0n) is 14.1. The molecule has 2 heterocycles. The maximum absolute atomic E-state index is 12.1. The Labute approximate surface area is 168 Å². The van der Waals surface area contributed by atoms with Crippen LogP contribution >= 0.6 is 34.7 Å². The predicted molar refractivity (Wildman–Crippen MR) is 107 cm³/mol. The largest absolute Gasteiger partial charge is 0.272 e. The Morgan fingerprint density at radius 3 is 2.78 bits per heavy atom. The van der Waals surface area contributed by atoms with E-state index in [0.29, 0.717) is 10.6 Å². The third kappa shape index (κ3) is 3.92. The summed E-state index contributed by atoms with van der Waals surface area (Å²) in [7, 11) is 0. The highest BCUT2D eigenvalue weighted by Gasteiger charge is 2.21. The van der Waals surface area contributed by atoms with E-state index in [2.05, 4.69) is 20.8 Å². The molecule has 1 aliphatic carbocycles. The second-order valence-electron chi connectivity index (χ2n) is 6.01. The van der Waals surface area contributed by atoms with E-state index in [1.165, 1.54) is 28.5 Å². The van der Waals surface area contributed by atoms with Gasteiger partial charge in [0.2, 0.25) is 5.91 Å². The normalized spacial score (nSPS) is 12.8. The highest BCUT2D eigenvalue weighted by atomic mass is 35.5. The van der Waals surface area contributed by atoms with Crippen LogP contribution in [0.4, 0.5) is 0 Å². The molecule has 6 nitrogen and oxygen atoms in total. The van der Waals surface area contributed by atoms with Crippen LogP contribution in [0.25, 0.3) is 10.2 Å². The van der Waals surface area contributed by atoms with Crippen molar-refractivity contribution in [2.45, 2.75) is 24.3 Å². The summed E-state index contributed by atoms with van der Waals surface area (Å²) in [5.74, 6) is -0.552. The van der Waals surface area contributed by atoms with Crippen LogP contribution in [0, 0.1) is 0 Å². The standard InChI is InChI=1S/C18H15ClN4O2S2/c19-11-6-4-10(5-7-11)16(25)23-22-14(24)8-26-17-15-12-2-1-3-13(12)27-18(15)21-9-20-17/h4-7,9H,1-3,8H2,(H,22,24)(H,23,25). The number of nitrogens with zero attached hydrogens (tertiary/aromatic N) is 2. The summed E-state index contributed by atoms with van der Waals surface area (Å²) in [5.41, 5.74) is 6.57. The second kappa shape index (κ2) is 7.84. The van der Waals surface area contributed by atoms with Gasteiger partial charge in [0.1, 0.15) is 16.2 Å². The summed E-state index contributed by atoms with van der Waals surface area (Å²) in [4.78, 5) is 35.2. The van der Waals surface area contributed by atoms with Gasteiger partial charge in [0.05, 0.1) is 5.75 Å². The van der Waals surface area contributed by atoms with Gasteiger partial charge in [0.25, 0.3) is 5.91 Å². The van der Waals surface area contributed by atoms with Crippen molar-refractivity contribution in [3.05, 3.63) is 51.6 Å². The first kappa shape index (κ1) is 18.2. The fourth-order valence-corrected chi connectivity index (χ4v) is 5.22. The van der Waals surface area contributed by atoms with E-state index in [4.69, 9.17) is 11.6 Å². The minimum atomic E-state index is -0.398. The number of rotatable bonds is 4. The summed E-state index contributed by atoms with van der Waals surface area (Å²) in [6, 6.07) is 6.42. The Morgan fingerprint density at radius 2 is 1.96 bits per heavy atom. The zero-order chi connectivity index (χ0) is 18.8. The quantitative estimate of drug-likeness (QED) is 0.385. The van der Waals surface area contributed by atoms with Gasteiger partial charge in [0.15, 0.2) is 0 Å². The molecule has 0 saturated carbocycles. The Hall–Kier alpha value is -2.16. The molecule has 0 bridgehead atoms. The van der Waals surface area contributed by atoms with E-state index in [9.17, 15) is 9.59 Å². The number of benzene rings is 1. The number of aryl methyl sites for hydroxylation is 2. The van der Waals surface area contributed by atoms with Crippen molar-refractivity contribution in [3.8, 4) is 0 Å². The minimum Gasteiger partial charge on any atom is -0.272 e. The molecule has 138 valence electrons. The molecule has 0 saturated heterocycles. The van der Waals surface area contributed by atoms with Crippen molar-refractivity contribution in [1.82, 2.24) is 20.8 Å². The van der Waals surface area contributed by atoms with Gasteiger partial charge in [0, 0.05) is 20.8 Å². The topological polar surface area (TPSA) is 84.0 Å². The first-order chi connectivity index (χ1) is 13.1. The number of carbonyl (C=O) groups is 2. The molecule has 9 heteroatoms. The molecule has 0 radical (unpaired) electrons. The summed E-state index contributed by atoms with van der Waals surface area (Å²) >= 11 is 8.87. The fourth-order valence-electron chi connectivity index (χ4n) is 2.98. The number of nitrogens with one attached hydrogen (secondary N) is 2. The highest BCUT2D eigenvalue weighted by molar-refractivity contribution is 8.00. The van der Waals surface area contributed by atoms with Crippen molar-refractivity contribution >= 4 is 56.7 Å². The van der Waals surface area contributed by atoms with Gasteiger partial charge < -0.3 is 0 Å². The van der Waals surface area contributed by atoms with Crippen LogP contribution in [0.5, 0.6) is 0 Å². The Bertz CT molecular complexity index is 1020. The smallest absolute Gasteiger partial charge is 0.269 e. The SMILES string of the molecule is O=C(CSc1ncnc2sc3c(c12)CCC3)NNC(=O)c1ccc(Cl)cc1. The Balaban J connectivity index is 1.36. The molecule has 4 rings (SSSR count). The van der Waals surface area contributed by atoms with E-state index in [1.54, 1.807) is 35.6 Å². The van der Waals surface area contributed by atoms with Gasteiger partial charge in [-0.1, -0.05) is 23.4 Å². The molecule has 0 atom stereocenters. The molecule has 0 fully saturated rings. The van der Waals surface area contributed by atoms with E-state index >= 15 is 0 Å². The third-order valence-corrected chi connectivity index (χ3v) is 6.67. The fraction of sp³-hybridized carbons (Fsp3) is 0.222. The van der Waals surface area contributed by atoms with Gasteiger partial charge in [-0.3, -0.25) is 20.4 Å². The summed E-state index contributed by atoms with van der Waals surface area (Å²) in [6.45, 7) is 0. The number of halogens is 1. The Morgan fingerprint density at radius 1 is 1.15 bits per heavy atom. The Kier molecular flexibility index (Phi) is 5.29. The lowest BCUT2D eigenvalue weighted by molar-refractivity contribution is -0.119. The van der Waals surface area contributed by atoms with E-state index in [-0.39, 0.29) is 11.7 Å². The van der Waals surface area contributed by atoms with Gasteiger partial charge in [-0.15, -0.1) is 11.3 Å². The number of thioether (sulfide) groups is 1. The minimum absolute atomic E-state index is 0.150. The van der Waals surface area contributed by atoms with Gasteiger partial charge in [-0.25, -0.2) is 9.97 Å². The van der Waals surface area contributed by atoms with Crippen LogP contribution in [0.15, 0.2) is 35.6 Å². The summed E-state index contributed by atoms with van der Waals surface area (Å²) in [5, 5.41) is 2.44. The van der Waals surface area contributed by atoms with Crippen LogP contribution in [-0.2, 0) is 17.6 Å². The molecule has 1 aliphatic rings. The van der Waals surface area contributed by atoms with Crippen LogP contribution in [0.2, 0.25) is 5.02 Å². The van der Waals surface area contributed by atoms with Gasteiger partial charge in [-0.2, -0.15) is 0 Å². The van der Waals surface area contributed by atoms with Crippen LogP contribution < -0.4 is 10.9 Å². The van der Waals surface area contributed by atoms with E-state index in [1.807, 2.05) is 0 Å². The van der Waals surface area contributed by atoms with Crippen molar-refractivity contribution in [2.75, 3.05) is 5.75 Å². The number of hydrazine groups is 1. The lowest BCUT2D eigenvalue weighted by Gasteiger charge is -2.08. The monoisotopic (exact) mass is 418 g/mol. The molecular formula is C18H15ClN4O2S2. The molecule has 0 unspecified atom stereocenters. The number of aromatic nitrogens is 2. The average Bonchev–Trinajstić information content (AvgIpc) is 3.26. The van der Waals surface area contributed by atoms with Crippen LogP contribution in [0.3, 0.4) is 0 Å². The number of amides is 2. The van der Waals surface area contributed by atoms with Crippen LogP contribution in [-0.4, -0.2) is 27.5 Å². The molecule has 27 heavy (non-hydrogen) atoms. The van der Waals surface area contributed by atoms with Crippen molar-refractivity contribution in [2.24, 2.45) is 0 Å². The maximum atomic E-state index is 12.1. The lowest BCUT2D eigenvalue weighted by Crippen LogP contribution is -2.42. The number of hydrogen-bond donors (Lipinski definition) is 2. The molecule has 2 aromatic heterocycles. The molecule has 2 amide bonds. The van der Waals surface area contributed by atoms with E-state index in [0.717, 1.165) is 34.5 Å². The zero-order valence-corrected chi connectivity index (χ0v) is 16.5. The number of hydrogen-bond acceptors (Lipinski definition) is 6. The molecule has 0 spiro atoms. The maximum Gasteiger partial charge on any atom is 0.269 e. The molecular weight excluding hydrogens is 404 g/mol. The summed E-state index contributed by atoms with van der Waals surface area (Å²) in [6.07, 6.45) is 4.83. The number of fused-ring (bicyclic) bond motifs is 3. The molecule has 0 aliphatic heterocycles. The van der Waals surface area contributed by atoms with E-state index < -0.39 is 5.91 Å². The van der Waals surface area contributed by atoms with Crippen molar-refractivity contribution in [1.29, 1.82) is 0 Å². The number of thiophene rings is 1. The van der Waals surface area contributed by atoms with Gasteiger partial charge in [-0.05, 0) is 49.1 Å². The predicted octanol–water partition coefficient (Wildman–Crippen LogP) is 3.39. The number of carbonyl (C=O) groups excluding carboxylic acids is 2. The molecule has 2 N–H and O–H groups in total. The molecule has 3 aromatic rings. The third-order valence-electron chi connectivity index (χ3n) is 4.23. The van der Waals surface area contributed by atoms with Crippen molar-refractivity contribution < 1.29 is 9.59 Å². The molecule has 1 aromatic carbocycles. The highest BCUT2D eigenvalue weighted by Crippen LogP contribution is 2.39. The van der Waals surface area contributed by atoms with Crippen molar-refractivity contribution in [3.63, 3.8) is 0 Å². The average molecular weight is 419 g/mol. The summed E-state index contributed by atoms with van der Waals surface area (Å²) < 4.78 is 0. The first-order valence-corrected chi connectivity index (χ1v) is 10.5. The lowest BCUT2D eigenvalue weighted by atomic mass is 10.2. The van der Waals surface area contributed by atoms with Crippen LogP contribution in [0.1, 0.15) is 27.2 Å². The van der Waals surface area contributed by atoms with Gasteiger partial charge >= 0.3 is 0 Å².